The van der Waals surface area contributed by atoms with Gasteiger partial charge in [0.25, 0.3) is 11.8 Å². The van der Waals surface area contributed by atoms with Crippen LogP contribution in [0.2, 0.25) is 0 Å². The van der Waals surface area contributed by atoms with E-state index in [1.54, 1.807) is 36.4 Å². The lowest BCUT2D eigenvalue weighted by Gasteiger charge is -2.13. The molecule has 9 heteroatoms. The molecule has 0 saturated carbocycles. The number of amides is 2. The first kappa shape index (κ1) is 30.6. The third kappa shape index (κ3) is 9.36. The molecular formula is C34H35N3O6. The summed E-state index contributed by atoms with van der Waals surface area (Å²) < 4.78 is 23.1. The van der Waals surface area contributed by atoms with Crippen molar-refractivity contribution in [1.82, 2.24) is 5.43 Å². The minimum Gasteiger partial charge on any atom is -0.490 e. The highest BCUT2D eigenvalue weighted by Crippen LogP contribution is 2.30. The lowest BCUT2D eigenvalue weighted by atomic mass is 10.2. The van der Waals surface area contributed by atoms with E-state index in [1.165, 1.54) is 6.21 Å². The topological polar surface area (TPSA) is 107 Å². The van der Waals surface area contributed by atoms with Crippen LogP contribution >= 0.6 is 0 Å². The van der Waals surface area contributed by atoms with E-state index >= 15 is 0 Å². The first-order chi connectivity index (χ1) is 20.9. The van der Waals surface area contributed by atoms with Gasteiger partial charge < -0.3 is 24.3 Å². The molecule has 4 aromatic carbocycles. The van der Waals surface area contributed by atoms with Crippen LogP contribution in [0.5, 0.6) is 23.0 Å². The van der Waals surface area contributed by atoms with Crippen molar-refractivity contribution in [3.63, 3.8) is 0 Å². The number of carbonyl (C=O) groups is 2. The van der Waals surface area contributed by atoms with E-state index in [0.29, 0.717) is 59.6 Å². The molecule has 0 aliphatic rings. The number of anilines is 1. The number of nitrogens with zero attached hydrogens (tertiary/aromatic N) is 1. The van der Waals surface area contributed by atoms with Crippen molar-refractivity contribution < 1.29 is 28.5 Å². The molecule has 0 radical (unpaired) electrons. The standard InChI is InChI=1S/C34H35N3O6/c1-4-40-31-19-26(14-16-29(31)43-23-33(38)36-28-13-9-10-24(3)18-28)21-35-37-34(39)27-15-17-30(32(20-27)41-5-2)42-22-25-11-7-6-8-12-25/h6-21H,4-5,22-23H2,1-3H3,(H,36,38)(H,37,39)/b35-21+. The van der Waals surface area contributed by atoms with E-state index in [1.807, 2.05) is 75.4 Å². The molecule has 222 valence electrons. The van der Waals surface area contributed by atoms with Crippen molar-refractivity contribution in [2.45, 2.75) is 27.4 Å². The second kappa shape index (κ2) is 15.6. The van der Waals surface area contributed by atoms with Gasteiger partial charge in [0.05, 0.1) is 19.4 Å². The van der Waals surface area contributed by atoms with Gasteiger partial charge in [-0.25, -0.2) is 5.43 Å². The van der Waals surface area contributed by atoms with E-state index in [-0.39, 0.29) is 12.5 Å². The van der Waals surface area contributed by atoms with Crippen LogP contribution in [0.4, 0.5) is 5.69 Å². The maximum Gasteiger partial charge on any atom is 0.271 e. The molecule has 0 bridgehead atoms. The highest BCUT2D eigenvalue weighted by atomic mass is 16.5. The number of benzene rings is 4. The van der Waals surface area contributed by atoms with Crippen molar-refractivity contribution in [2.24, 2.45) is 5.10 Å². The molecule has 4 rings (SSSR count). The first-order valence-corrected chi connectivity index (χ1v) is 14.0. The Bertz CT molecular complexity index is 1560. The second-order valence-corrected chi connectivity index (χ2v) is 9.41. The smallest absolute Gasteiger partial charge is 0.271 e. The fourth-order valence-electron chi connectivity index (χ4n) is 4.06. The van der Waals surface area contributed by atoms with Gasteiger partial charge in [0, 0.05) is 11.3 Å². The Balaban J connectivity index is 1.35. The highest BCUT2D eigenvalue weighted by molar-refractivity contribution is 5.95. The van der Waals surface area contributed by atoms with E-state index in [9.17, 15) is 9.59 Å². The van der Waals surface area contributed by atoms with Crippen molar-refractivity contribution in [3.05, 3.63) is 113 Å². The maximum absolute atomic E-state index is 12.8. The Morgan fingerprint density at radius 1 is 0.744 bits per heavy atom. The van der Waals surface area contributed by atoms with Crippen molar-refractivity contribution in [2.75, 3.05) is 25.1 Å². The van der Waals surface area contributed by atoms with E-state index in [2.05, 4.69) is 15.8 Å². The molecule has 0 fully saturated rings. The molecule has 0 aliphatic heterocycles. The lowest BCUT2D eigenvalue weighted by Crippen LogP contribution is -2.20. The number of carbonyl (C=O) groups excluding carboxylic acids is 2. The van der Waals surface area contributed by atoms with Crippen molar-refractivity contribution in [1.29, 1.82) is 0 Å². The van der Waals surface area contributed by atoms with Gasteiger partial charge in [-0.2, -0.15) is 5.10 Å². The van der Waals surface area contributed by atoms with Gasteiger partial charge in [0.1, 0.15) is 6.61 Å². The normalized spacial score (nSPS) is 10.7. The lowest BCUT2D eigenvalue weighted by molar-refractivity contribution is -0.118. The summed E-state index contributed by atoms with van der Waals surface area (Å²) in [6.45, 7) is 6.69. The summed E-state index contributed by atoms with van der Waals surface area (Å²) in [6, 6.07) is 27.5. The molecule has 0 atom stereocenters. The maximum atomic E-state index is 12.8. The molecule has 4 aromatic rings. The minimum atomic E-state index is -0.406. The zero-order valence-corrected chi connectivity index (χ0v) is 24.5. The molecule has 0 heterocycles. The Morgan fingerprint density at radius 2 is 1.47 bits per heavy atom. The summed E-state index contributed by atoms with van der Waals surface area (Å²) in [5, 5.41) is 6.91. The number of hydrazone groups is 1. The van der Waals surface area contributed by atoms with Crippen LogP contribution in [-0.2, 0) is 11.4 Å². The van der Waals surface area contributed by atoms with Crippen LogP contribution in [-0.4, -0.2) is 37.8 Å². The summed E-state index contributed by atoms with van der Waals surface area (Å²) in [6.07, 6.45) is 1.50. The summed E-state index contributed by atoms with van der Waals surface area (Å²) in [4.78, 5) is 25.2. The summed E-state index contributed by atoms with van der Waals surface area (Å²) in [7, 11) is 0. The van der Waals surface area contributed by atoms with Gasteiger partial charge >= 0.3 is 0 Å². The Morgan fingerprint density at radius 3 is 2.21 bits per heavy atom. The van der Waals surface area contributed by atoms with Crippen molar-refractivity contribution in [3.8, 4) is 23.0 Å². The molecule has 0 unspecified atom stereocenters. The van der Waals surface area contributed by atoms with Gasteiger partial charge in [0.2, 0.25) is 0 Å². The summed E-state index contributed by atoms with van der Waals surface area (Å²) in [5.41, 5.74) is 6.35. The molecule has 0 aliphatic carbocycles. The minimum absolute atomic E-state index is 0.183. The third-order valence-electron chi connectivity index (χ3n) is 6.05. The zero-order valence-electron chi connectivity index (χ0n) is 24.5. The molecule has 0 saturated heterocycles. The van der Waals surface area contributed by atoms with Crippen LogP contribution in [0.1, 0.15) is 40.9 Å². The monoisotopic (exact) mass is 581 g/mol. The number of hydrogen-bond donors (Lipinski definition) is 2. The number of nitrogens with one attached hydrogen (secondary N) is 2. The van der Waals surface area contributed by atoms with Crippen molar-refractivity contribution >= 4 is 23.7 Å². The molecule has 2 N–H and O–H groups in total. The Hall–Kier alpha value is -5.31. The van der Waals surface area contributed by atoms with Crippen LogP contribution in [0.25, 0.3) is 0 Å². The number of ether oxygens (including phenoxy) is 4. The van der Waals surface area contributed by atoms with Crippen LogP contribution in [0.3, 0.4) is 0 Å². The van der Waals surface area contributed by atoms with Crippen LogP contribution in [0, 0.1) is 6.92 Å². The van der Waals surface area contributed by atoms with Gasteiger partial charge in [-0.05, 0) is 86.0 Å². The van der Waals surface area contributed by atoms with E-state index in [0.717, 1.165) is 11.1 Å². The second-order valence-electron chi connectivity index (χ2n) is 9.41. The van der Waals surface area contributed by atoms with Gasteiger partial charge in [-0.1, -0.05) is 42.5 Å². The largest absolute Gasteiger partial charge is 0.490 e. The Labute approximate surface area is 251 Å². The van der Waals surface area contributed by atoms with Gasteiger partial charge in [0.15, 0.2) is 29.6 Å². The first-order valence-electron chi connectivity index (χ1n) is 14.0. The average Bonchev–Trinajstić information content (AvgIpc) is 3.01. The van der Waals surface area contributed by atoms with Crippen LogP contribution < -0.4 is 29.7 Å². The molecule has 43 heavy (non-hydrogen) atoms. The SMILES string of the molecule is CCOc1cc(/C=N/NC(=O)c2ccc(OCc3ccccc3)c(OCC)c2)ccc1OCC(=O)Nc1cccc(C)c1. The molecular weight excluding hydrogens is 546 g/mol. The van der Waals surface area contributed by atoms with E-state index < -0.39 is 5.91 Å². The quantitative estimate of drug-likeness (QED) is 0.137. The molecule has 9 nitrogen and oxygen atoms in total. The molecule has 0 spiro atoms. The van der Waals surface area contributed by atoms with E-state index in [4.69, 9.17) is 18.9 Å². The highest BCUT2D eigenvalue weighted by Gasteiger charge is 2.13. The predicted molar refractivity (Wildman–Crippen MR) is 166 cm³/mol. The molecule has 2 amide bonds. The predicted octanol–water partition coefficient (Wildman–Crippen LogP) is 6.15. The Kier molecular flexibility index (Phi) is 11.1. The van der Waals surface area contributed by atoms with Gasteiger partial charge in [-0.15, -0.1) is 0 Å². The van der Waals surface area contributed by atoms with Crippen LogP contribution in [0.15, 0.2) is 96.1 Å². The summed E-state index contributed by atoms with van der Waals surface area (Å²) in [5.74, 6) is 1.19. The average molecular weight is 582 g/mol. The third-order valence-corrected chi connectivity index (χ3v) is 6.05. The summed E-state index contributed by atoms with van der Waals surface area (Å²) >= 11 is 0. The number of hydrogen-bond acceptors (Lipinski definition) is 7. The number of rotatable bonds is 14. The molecule has 0 aromatic heterocycles. The fraction of sp³-hybridized carbons (Fsp3) is 0.206. The van der Waals surface area contributed by atoms with Gasteiger partial charge in [-0.3, -0.25) is 9.59 Å². The number of aryl methyl sites for hydroxylation is 1. The fourth-order valence-corrected chi connectivity index (χ4v) is 4.06. The zero-order chi connectivity index (χ0) is 30.4.